The van der Waals surface area contributed by atoms with E-state index in [0.29, 0.717) is 18.9 Å². The van der Waals surface area contributed by atoms with Crippen molar-refractivity contribution in [2.24, 2.45) is 0 Å². The first kappa shape index (κ1) is 24.9. The number of nitrogens with zero attached hydrogens (tertiary/aromatic N) is 2. The zero-order chi connectivity index (χ0) is 24.0. The van der Waals surface area contributed by atoms with Crippen LogP contribution in [0.1, 0.15) is 50.6 Å². The molecule has 33 heavy (non-hydrogen) atoms. The Morgan fingerprint density at radius 1 is 1.24 bits per heavy atom. The molecule has 0 bridgehead atoms. The maximum Gasteiger partial charge on any atom is 0.318 e. The maximum atomic E-state index is 13.5. The van der Waals surface area contributed by atoms with Crippen molar-refractivity contribution in [1.82, 2.24) is 15.1 Å². The van der Waals surface area contributed by atoms with Crippen LogP contribution < -0.4 is 14.8 Å². The molecule has 2 unspecified atom stereocenters. The average Bonchev–Trinajstić information content (AvgIpc) is 3.29. The number of nitrogens with one attached hydrogen (secondary N) is 1. The molecule has 1 N–H and O–H groups in total. The third-order valence-electron chi connectivity index (χ3n) is 5.97. The molecule has 2 heterocycles. The number of carbonyl (C=O) groups excluding carboxylic acids is 2. The molecule has 0 radical (unpaired) electrons. The van der Waals surface area contributed by atoms with E-state index in [4.69, 9.17) is 9.47 Å². The number of benzene rings is 1. The first-order valence-corrected chi connectivity index (χ1v) is 12.4. The van der Waals surface area contributed by atoms with E-state index in [9.17, 15) is 9.59 Å². The number of ether oxygens (including phenoxy) is 2. The highest BCUT2D eigenvalue weighted by atomic mass is 32.1. The minimum Gasteiger partial charge on any atom is -0.497 e. The van der Waals surface area contributed by atoms with Crippen molar-refractivity contribution in [3.05, 3.63) is 46.2 Å². The Kier molecular flexibility index (Phi) is 8.61. The van der Waals surface area contributed by atoms with E-state index in [1.807, 2.05) is 56.9 Å². The number of urea groups is 1. The van der Waals surface area contributed by atoms with Crippen molar-refractivity contribution >= 4 is 23.3 Å². The number of methoxy groups -OCH3 is 1. The minimum atomic E-state index is -0.204. The molecule has 7 nitrogen and oxygen atoms in total. The van der Waals surface area contributed by atoms with Gasteiger partial charge in [0.2, 0.25) is 5.91 Å². The topological polar surface area (TPSA) is 71.1 Å². The second kappa shape index (κ2) is 11.4. The van der Waals surface area contributed by atoms with E-state index in [2.05, 4.69) is 16.8 Å². The standard InChI is InChI=1S/C25H35N3O4S/c1-6-18(4)28(25(30)26-17(2)3)15-24(29)27-12-10-23-21(11-13-33-23)22(27)16-32-20-9-7-8-19(14-20)31-5/h7-9,11,13-14,17-18,22H,6,10,12,15-16H2,1-5H3,(H,26,30). The largest absolute Gasteiger partial charge is 0.497 e. The molecule has 8 heteroatoms. The first-order chi connectivity index (χ1) is 15.8. The van der Waals surface area contributed by atoms with Crippen LogP contribution in [0.15, 0.2) is 35.7 Å². The number of fused-ring (bicyclic) bond motifs is 1. The van der Waals surface area contributed by atoms with Crippen molar-refractivity contribution in [3.8, 4) is 11.5 Å². The van der Waals surface area contributed by atoms with Gasteiger partial charge in [0.1, 0.15) is 24.7 Å². The molecule has 0 spiro atoms. The van der Waals surface area contributed by atoms with Gasteiger partial charge in [-0.05, 0) is 62.8 Å². The first-order valence-electron chi connectivity index (χ1n) is 11.5. The molecule has 2 aromatic rings. The number of rotatable bonds is 9. The predicted octanol–water partition coefficient (Wildman–Crippen LogP) is 4.48. The van der Waals surface area contributed by atoms with Gasteiger partial charge in [0.15, 0.2) is 0 Å². The molecule has 1 aromatic carbocycles. The molecule has 1 aliphatic heterocycles. The molecule has 3 amide bonds. The Morgan fingerprint density at radius 2 is 2.00 bits per heavy atom. The van der Waals surface area contributed by atoms with Gasteiger partial charge in [-0.2, -0.15) is 0 Å². The van der Waals surface area contributed by atoms with E-state index < -0.39 is 0 Å². The van der Waals surface area contributed by atoms with E-state index in [1.165, 1.54) is 4.88 Å². The average molecular weight is 474 g/mol. The van der Waals surface area contributed by atoms with Crippen molar-refractivity contribution < 1.29 is 19.1 Å². The van der Waals surface area contributed by atoms with Crippen LogP contribution in [-0.4, -0.2) is 60.6 Å². The predicted molar refractivity (Wildman–Crippen MR) is 131 cm³/mol. The summed E-state index contributed by atoms with van der Waals surface area (Å²) in [6.07, 6.45) is 1.59. The number of hydrogen-bond donors (Lipinski definition) is 1. The van der Waals surface area contributed by atoms with Gasteiger partial charge >= 0.3 is 6.03 Å². The Morgan fingerprint density at radius 3 is 2.70 bits per heavy atom. The summed E-state index contributed by atoms with van der Waals surface area (Å²) in [4.78, 5) is 31.1. The van der Waals surface area contributed by atoms with E-state index in [0.717, 1.165) is 24.2 Å². The zero-order valence-corrected chi connectivity index (χ0v) is 21.0. The highest BCUT2D eigenvalue weighted by molar-refractivity contribution is 7.10. The van der Waals surface area contributed by atoms with Crippen LogP contribution in [0.2, 0.25) is 0 Å². The Labute approximate surface area is 200 Å². The second-order valence-corrected chi connectivity index (χ2v) is 9.63. The molecule has 0 aliphatic carbocycles. The summed E-state index contributed by atoms with van der Waals surface area (Å²) in [5.41, 5.74) is 1.13. The summed E-state index contributed by atoms with van der Waals surface area (Å²) in [5, 5.41) is 5.00. The van der Waals surface area contributed by atoms with Crippen molar-refractivity contribution in [2.45, 2.75) is 58.7 Å². The van der Waals surface area contributed by atoms with Crippen molar-refractivity contribution in [3.63, 3.8) is 0 Å². The fourth-order valence-electron chi connectivity index (χ4n) is 3.96. The molecule has 2 atom stereocenters. The number of amides is 3. The molecular formula is C25H35N3O4S. The molecule has 1 aromatic heterocycles. The lowest BCUT2D eigenvalue weighted by Gasteiger charge is -2.38. The van der Waals surface area contributed by atoms with Gasteiger partial charge in [-0.15, -0.1) is 11.3 Å². The smallest absolute Gasteiger partial charge is 0.318 e. The lowest BCUT2D eigenvalue weighted by atomic mass is 10.00. The number of hydrogen-bond acceptors (Lipinski definition) is 5. The van der Waals surface area contributed by atoms with Gasteiger partial charge in [-0.1, -0.05) is 13.0 Å². The Balaban J connectivity index is 1.78. The highest BCUT2D eigenvalue weighted by Crippen LogP contribution is 2.34. The quantitative estimate of drug-likeness (QED) is 0.583. The van der Waals surface area contributed by atoms with E-state index in [1.54, 1.807) is 23.3 Å². The van der Waals surface area contributed by atoms with Crippen LogP contribution in [0, 0.1) is 0 Å². The number of thiophene rings is 1. The molecule has 0 saturated carbocycles. The normalized spacial score (nSPS) is 16.2. The van der Waals surface area contributed by atoms with Crippen LogP contribution in [0.3, 0.4) is 0 Å². The number of carbonyl (C=O) groups is 2. The molecular weight excluding hydrogens is 438 g/mol. The maximum absolute atomic E-state index is 13.5. The summed E-state index contributed by atoms with van der Waals surface area (Å²) >= 11 is 1.72. The van der Waals surface area contributed by atoms with Crippen molar-refractivity contribution in [1.29, 1.82) is 0 Å². The van der Waals surface area contributed by atoms with Crippen LogP contribution in [0.5, 0.6) is 11.5 Å². The van der Waals surface area contributed by atoms with Gasteiger partial charge in [0.05, 0.1) is 13.2 Å². The third kappa shape index (κ3) is 6.19. The molecule has 0 saturated heterocycles. The van der Waals surface area contributed by atoms with Crippen LogP contribution in [0.4, 0.5) is 4.79 Å². The van der Waals surface area contributed by atoms with Gasteiger partial charge in [-0.25, -0.2) is 4.79 Å². The lowest BCUT2D eigenvalue weighted by Crippen LogP contribution is -2.53. The van der Waals surface area contributed by atoms with E-state index in [-0.39, 0.29) is 36.6 Å². The lowest BCUT2D eigenvalue weighted by molar-refractivity contribution is -0.136. The van der Waals surface area contributed by atoms with Gasteiger partial charge < -0.3 is 24.6 Å². The summed E-state index contributed by atoms with van der Waals surface area (Å²) in [6.45, 7) is 8.83. The molecule has 180 valence electrons. The van der Waals surface area contributed by atoms with Gasteiger partial charge in [-0.3, -0.25) is 4.79 Å². The van der Waals surface area contributed by atoms with Gasteiger partial charge in [0, 0.05) is 29.6 Å². The summed E-state index contributed by atoms with van der Waals surface area (Å²) in [6, 6.07) is 9.11. The SMILES string of the molecule is CCC(C)N(CC(=O)N1CCc2sccc2C1COc1cccc(OC)c1)C(=O)NC(C)C. The third-order valence-corrected chi connectivity index (χ3v) is 6.96. The van der Waals surface area contributed by atoms with E-state index >= 15 is 0 Å². The van der Waals surface area contributed by atoms with Crippen molar-refractivity contribution in [2.75, 3.05) is 26.8 Å². The van der Waals surface area contributed by atoms with Crippen LogP contribution in [0.25, 0.3) is 0 Å². The summed E-state index contributed by atoms with van der Waals surface area (Å²) < 4.78 is 11.4. The van der Waals surface area contributed by atoms with Gasteiger partial charge in [0.25, 0.3) is 0 Å². The summed E-state index contributed by atoms with van der Waals surface area (Å²) in [5.74, 6) is 1.35. The minimum absolute atomic E-state index is 0.00604. The fraction of sp³-hybridized carbons (Fsp3) is 0.520. The second-order valence-electron chi connectivity index (χ2n) is 8.63. The molecule has 0 fully saturated rings. The Bertz CT molecular complexity index is 945. The molecule has 3 rings (SSSR count). The van der Waals surface area contributed by atoms with Crippen LogP contribution in [-0.2, 0) is 11.2 Å². The monoisotopic (exact) mass is 473 g/mol. The molecule has 1 aliphatic rings. The van der Waals surface area contributed by atoms with Crippen LogP contribution >= 0.6 is 11.3 Å². The zero-order valence-electron chi connectivity index (χ0n) is 20.2. The highest BCUT2D eigenvalue weighted by Gasteiger charge is 2.34. The Hall–Kier alpha value is -2.74. The fourth-order valence-corrected chi connectivity index (χ4v) is 4.88. The summed E-state index contributed by atoms with van der Waals surface area (Å²) in [7, 11) is 1.62.